The number of nitrogens with one attached hydrogen (secondary N) is 1. The first-order chi connectivity index (χ1) is 12.7. The summed E-state index contributed by atoms with van der Waals surface area (Å²) in [6.07, 6.45) is 4.40. The number of ether oxygens (including phenoxy) is 1. The van der Waals surface area contributed by atoms with Crippen molar-refractivity contribution < 1.29 is 9.53 Å². The number of nitrogens with zero attached hydrogens (tertiary/aromatic N) is 3. The van der Waals surface area contributed by atoms with Crippen LogP contribution in [0.3, 0.4) is 0 Å². The summed E-state index contributed by atoms with van der Waals surface area (Å²) in [5.74, 6) is 0.0260. The van der Waals surface area contributed by atoms with E-state index in [1.807, 2.05) is 13.0 Å². The first kappa shape index (κ1) is 18.5. The third-order valence-corrected chi connectivity index (χ3v) is 4.55. The van der Waals surface area contributed by atoms with Gasteiger partial charge in [0.05, 0.1) is 30.5 Å². The molecule has 0 saturated carbocycles. The van der Waals surface area contributed by atoms with Crippen LogP contribution in [0.25, 0.3) is 0 Å². The molecule has 1 aliphatic heterocycles. The smallest absolute Gasteiger partial charge is 0.222 e. The molecular weight excluding hydrogens is 328 g/mol. The molecule has 6 heteroatoms. The van der Waals surface area contributed by atoms with E-state index >= 15 is 0 Å². The van der Waals surface area contributed by atoms with Crippen molar-refractivity contribution in [1.29, 1.82) is 0 Å². The van der Waals surface area contributed by atoms with Crippen LogP contribution in [0.15, 0.2) is 42.7 Å². The highest BCUT2D eigenvalue weighted by molar-refractivity contribution is 5.76. The second-order valence-electron chi connectivity index (χ2n) is 6.61. The molecule has 138 valence electrons. The zero-order valence-electron chi connectivity index (χ0n) is 15.2. The van der Waals surface area contributed by atoms with Crippen LogP contribution >= 0.6 is 0 Å². The topological polar surface area (TPSA) is 67.4 Å². The van der Waals surface area contributed by atoms with Gasteiger partial charge >= 0.3 is 0 Å². The molecule has 6 nitrogen and oxygen atoms in total. The first-order valence-corrected chi connectivity index (χ1v) is 9.12. The van der Waals surface area contributed by atoms with E-state index in [-0.39, 0.29) is 12.0 Å². The Morgan fingerprint density at radius 1 is 1.27 bits per heavy atom. The number of benzene rings is 1. The number of rotatable bonds is 7. The van der Waals surface area contributed by atoms with Crippen LogP contribution < -0.4 is 5.32 Å². The molecule has 1 saturated heterocycles. The van der Waals surface area contributed by atoms with Crippen molar-refractivity contribution in [2.24, 2.45) is 0 Å². The Hall–Kier alpha value is -2.31. The summed E-state index contributed by atoms with van der Waals surface area (Å²) < 4.78 is 5.78. The average molecular weight is 354 g/mol. The van der Waals surface area contributed by atoms with Crippen molar-refractivity contribution in [3.63, 3.8) is 0 Å². The minimum Gasteiger partial charge on any atom is -0.375 e. The number of aromatic nitrogens is 2. The normalized spacial score (nSPS) is 17.8. The summed E-state index contributed by atoms with van der Waals surface area (Å²) in [4.78, 5) is 23.1. The Labute approximate surface area is 154 Å². The van der Waals surface area contributed by atoms with Crippen LogP contribution in [0, 0.1) is 6.92 Å². The number of amides is 1. The molecule has 0 bridgehead atoms. The highest BCUT2D eigenvalue weighted by atomic mass is 16.5. The number of carbonyl (C=O) groups excluding carboxylic acids is 1. The quantitative estimate of drug-likeness (QED) is 0.820. The largest absolute Gasteiger partial charge is 0.375 e. The molecule has 1 aliphatic rings. The molecule has 3 rings (SSSR count). The number of hydrogen-bond acceptors (Lipinski definition) is 5. The lowest BCUT2D eigenvalue weighted by Gasteiger charge is -2.32. The standard InChI is InChI=1S/C20H26N4O2/c1-16-19(22-10-9-21-16)7-8-23-20(25)13-18-15-24(11-12-26-18)14-17-5-3-2-4-6-17/h2-6,9-10,18H,7-8,11-15H2,1H3,(H,23,25). The average Bonchev–Trinajstić information content (AvgIpc) is 2.64. The SMILES string of the molecule is Cc1nccnc1CCNC(=O)CC1CN(Cc2ccccc2)CCO1. The number of aryl methyl sites for hydroxylation is 1. The second kappa shape index (κ2) is 9.40. The number of carbonyl (C=O) groups is 1. The number of morpholine rings is 1. The van der Waals surface area contributed by atoms with Crippen LogP contribution in [-0.4, -0.2) is 53.1 Å². The van der Waals surface area contributed by atoms with E-state index in [1.165, 1.54) is 5.56 Å². The van der Waals surface area contributed by atoms with Crippen molar-refractivity contribution in [3.8, 4) is 0 Å². The molecule has 2 heterocycles. The van der Waals surface area contributed by atoms with Crippen LogP contribution in [0.4, 0.5) is 0 Å². The van der Waals surface area contributed by atoms with E-state index in [1.54, 1.807) is 12.4 Å². The van der Waals surface area contributed by atoms with Gasteiger partial charge in [-0.3, -0.25) is 19.7 Å². The van der Waals surface area contributed by atoms with Gasteiger partial charge in [-0.1, -0.05) is 30.3 Å². The van der Waals surface area contributed by atoms with E-state index in [0.717, 1.165) is 31.0 Å². The van der Waals surface area contributed by atoms with Crippen LogP contribution in [0.1, 0.15) is 23.4 Å². The molecular formula is C20H26N4O2. The summed E-state index contributed by atoms with van der Waals surface area (Å²) in [6, 6.07) is 10.4. The van der Waals surface area contributed by atoms with Gasteiger partial charge in [0, 0.05) is 45.0 Å². The summed E-state index contributed by atoms with van der Waals surface area (Å²) in [6.45, 7) is 5.75. The van der Waals surface area contributed by atoms with Gasteiger partial charge in [-0.2, -0.15) is 0 Å². The minimum atomic E-state index is -0.0503. The summed E-state index contributed by atoms with van der Waals surface area (Å²) in [5, 5.41) is 2.96. The fraction of sp³-hybridized carbons (Fsp3) is 0.450. The predicted octanol–water partition coefficient (Wildman–Crippen LogP) is 1.73. The lowest BCUT2D eigenvalue weighted by atomic mass is 10.1. The summed E-state index contributed by atoms with van der Waals surface area (Å²) in [5.41, 5.74) is 3.13. The zero-order chi connectivity index (χ0) is 18.2. The molecule has 0 spiro atoms. The van der Waals surface area contributed by atoms with Crippen LogP contribution in [-0.2, 0) is 22.5 Å². The van der Waals surface area contributed by atoms with Crippen LogP contribution in [0.2, 0.25) is 0 Å². The Morgan fingerprint density at radius 3 is 2.88 bits per heavy atom. The lowest BCUT2D eigenvalue weighted by molar-refractivity contribution is -0.126. The van der Waals surface area contributed by atoms with E-state index in [9.17, 15) is 4.79 Å². The molecule has 2 aromatic rings. The highest BCUT2D eigenvalue weighted by Crippen LogP contribution is 2.12. The van der Waals surface area contributed by atoms with E-state index in [2.05, 4.69) is 44.5 Å². The van der Waals surface area contributed by atoms with Crippen molar-refractivity contribution in [2.45, 2.75) is 32.4 Å². The van der Waals surface area contributed by atoms with Gasteiger partial charge in [-0.15, -0.1) is 0 Å². The monoisotopic (exact) mass is 354 g/mol. The summed E-state index contributed by atoms with van der Waals surface area (Å²) >= 11 is 0. The Kier molecular flexibility index (Phi) is 6.68. The Morgan fingerprint density at radius 2 is 2.08 bits per heavy atom. The van der Waals surface area contributed by atoms with Gasteiger partial charge in [0.1, 0.15) is 0 Å². The predicted molar refractivity (Wildman–Crippen MR) is 99.6 cm³/mol. The van der Waals surface area contributed by atoms with E-state index < -0.39 is 0 Å². The first-order valence-electron chi connectivity index (χ1n) is 9.12. The van der Waals surface area contributed by atoms with Crippen molar-refractivity contribution in [2.75, 3.05) is 26.2 Å². The van der Waals surface area contributed by atoms with Crippen LogP contribution in [0.5, 0.6) is 0 Å². The molecule has 1 fully saturated rings. The third-order valence-electron chi connectivity index (χ3n) is 4.55. The maximum atomic E-state index is 12.2. The molecule has 1 amide bonds. The zero-order valence-corrected chi connectivity index (χ0v) is 15.2. The second-order valence-corrected chi connectivity index (χ2v) is 6.61. The maximum absolute atomic E-state index is 12.2. The van der Waals surface area contributed by atoms with Gasteiger partial charge < -0.3 is 10.1 Å². The molecule has 1 atom stereocenters. The summed E-state index contributed by atoms with van der Waals surface area (Å²) in [7, 11) is 0. The van der Waals surface area contributed by atoms with Gasteiger partial charge in [0.15, 0.2) is 0 Å². The molecule has 1 N–H and O–H groups in total. The fourth-order valence-corrected chi connectivity index (χ4v) is 3.17. The van der Waals surface area contributed by atoms with E-state index in [0.29, 0.717) is 26.0 Å². The van der Waals surface area contributed by atoms with Crippen molar-refractivity contribution in [3.05, 3.63) is 59.7 Å². The maximum Gasteiger partial charge on any atom is 0.222 e. The minimum absolute atomic E-state index is 0.0260. The Balaban J connectivity index is 1.40. The van der Waals surface area contributed by atoms with E-state index in [4.69, 9.17) is 4.74 Å². The number of hydrogen-bond donors (Lipinski definition) is 1. The highest BCUT2D eigenvalue weighted by Gasteiger charge is 2.22. The Bertz CT molecular complexity index is 708. The van der Waals surface area contributed by atoms with Crippen molar-refractivity contribution >= 4 is 5.91 Å². The lowest BCUT2D eigenvalue weighted by Crippen LogP contribution is -2.44. The molecule has 26 heavy (non-hydrogen) atoms. The molecule has 1 aromatic heterocycles. The van der Waals surface area contributed by atoms with Gasteiger partial charge in [0.2, 0.25) is 5.91 Å². The van der Waals surface area contributed by atoms with Gasteiger partial charge in [-0.05, 0) is 12.5 Å². The molecule has 0 aliphatic carbocycles. The van der Waals surface area contributed by atoms with Gasteiger partial charge in [-0.25, -0.2) is 0 Å². The molecule has 1 unspecified atom stereocenters. The van der Waals surface area contributed by atoms with Crippen molar-refractivity contribution in [1.82, 2.24) is 20.2 Å². The van der Waals surface area contributed by atoms with Gasteiger partial charge in [0.25, 0.3) is 0 Å². The third kappa shape index (κ3) is 5.61. The molecule has 0 radical (unpaired) electrons. The fourth-order valence-electron chi connectivity index (χ4n) is 3.17. The molecule has 1 aromatic carbocycles.